The van der Waals surface area contributed by atoms with Crippen molar-refractivity contribution >= 4 is 23.5 Å². The topological polar surface area (TPSA) is 21.6 Å². The van der Waals surface area contributed by atoms with Crippen LogP contribution < -0.4 is 4.74 Å². The lowest BCUT2D eigenvalue weighted by atomic mass is 10.2. The Labute approximate surface area is 106 Å². The van der Waals surface area contributed by atoms with Crippen LogP contribution in [0.1, 0.15) is 5.56 Å². The Morgan fingerprint density at radius 3 is 2.71 bits per heavy atom. The molecule has 2 rings (SSSR count). The average Bonchev–Trinajstić information content (AvgIpc) is 2.37. The molecule has 0 aliphatic carbocycles. The van der Waals surface area contributed by atoms with E-state index >= 15 is 0 Å². The molecule has 2 nitrogen and oxygen atoms in total. The van der Waals surface area contributed by atoms with E-state index in [0.717, 1.165) is 17.0 Å². The molecule has 0 amide bonds. The molecular formula is C14H12ClNO. The predicted molar refractivity (Wildman–Crippen MR) is 71.7 cm³/mol. The van der Waals surface area contributed by atoms with Gasteiger partial charge in [0.15, 0.2) is 0 Å². The highest BCUT2D eigenvalue weighted by Crippen LogP contribution is 2.19. The number of hydrogen-bond donors (Lipinski definition) is 0. The summed E-state index contributed by atoms with van der Waals surface area (Å²) in [4.78, 5) is 4.36. The third kappa shape index (κ3) is 3.08. The lowest BCUT2D eigenvalue weighted by molar-refractivity contribution is 0.414. The first-order valence-corrected chi connectivity index (χ1v) is 5.60. The molecule has 0 radical (unpaired) electrons. The second kappa shape index (κ2) is 5.51. The fourth-order valence-corrected chi connectivity index (χ4v) is 1.66. The maximum atomic E-state index is 5.89. The van der Waals surface area contributed by atoms with Crippen molar-refractivity contribution in [3.05, 3.63) is 59.1 Å². The van der Waals surface area contributed by atoms with Gasteiger partial charge in [0.25, 0.3) is 0 Å². The maximum Gasteiger partial charge on any atom is 0.127 e. The van der Waals surface area contributed by atoms with Crippen LogP contribution in [0.15, 0.2) is 53.5 Å². The smallest absolute Gasteiger partial charge is 0.127 e. The molecule has 3 heteroatoms. The molecular weight excluding hydrogens is 234 g/mol. The van der Waals surface area contributed by atoms with E-state index in [1.165, 1.54) is 0 Å². The highest BCUT2D eigenvalue weighted by molar-refractivity contribution is 6.30. The highest BCUT2D eigenvalue weighted by atomic mass is 35.5. The molecule has 0 aliphatic heterocycles. The molecule has 2 aromatic rings. The molecule has 0 bridgehead atoms. The fourth-order valence-electron chi connectivity index (χ4n) is 1.47. The first-order chi connectivity index (χ1) is 8.29. The number of para-hydroxylation sites is 1. The van der Waals surface area contributed by atoms with Gasteiger partial charge in [0.2, 0.25) is 0 Å². The molecule has 0 saturated heterocycles. The van der Waals surface area contributed by atoms with Crippen molar-refractivity contribution in [2.45, 2.75) is 0 Å². The molecule has 0 spiro atoms. The van der Waals surface area contributed by atoms with E-state index in [-0.39, 0.29) is 0 Å². The van der Waals surface area contributed by atoms with Crippen LogP contribution in [-0.2, 0) is 0 Å². The molecule has 0 aliphatic rings. The Morgan fingerprint density at radius 1 is 1.12 bits per heavy atom. The zero-order valence-corrected chi connectivity index (χ0v) is 10.2. The molecule has 0 heterocycles. The summed E-state index contributed by atoms with van der Waals surface area (Å²) < 4.78 is 5.24. The third-order valence-corrected chi connectivity index (χ3v) is 2.53. The first kappa shape index (κ1) is 11.7. The summed E-state index contributed by atoms with van der Waals surface area (Å²) in [7, 11) is 1.64. The third-order valence-electron chi connectivity index (χ3n) is 2.30. The second-order valence-corrected chi connectivity index (χ2v) is 3.92. The van der Waals surface area contributed by atoms with Crippen molar-refractivity contribution < 1.29 is 4.74 Å². The quantitative estimate of drug-likeness (QED) is 0.746. The number of ether oxygens (including phenoxy) is 1. The van der Waals surface area contributed by atoms with Crippen LogP contribution in [-0.4, -0.2) is 13.3 Å². The highest BCUT2D eigenvalue weighted by Gasteiger charge is 1.97. The second-order valence-electron chi connectivity index (χ2n) is 3.48. The number of methoxy groups -OCH3 is 1. The molecule has 0 atom stereocenters. The van der Waals surface area contributed by atoms with Crippen molar-refractivity contribution in [2.75, 3.05) is 7.11 Å². The van der Waals surface area contributed by atoms with E-state index in [1.807, 2.05) is 48.5 Å². The largest absolute Gasteiger partial charge is 0.496 e. The van der Waals surface area contributed by atoms with Gasteiger partial charge in [-0.15, -0.1) is 0 Å². The predicted octanol–water partition coefficient (Wildman–Crippen LogP) is 4.10. The number of aliphatic imine (C=N–C) groups is 1. The molecule has 0 fully saturated rings. The van der Waals surface area contributed by atoms with Crippen LogP contribution in [0.25, 0.3) is 0 Å². The average molecular weight is 246 g/mol. The lowest BCUT2D eigenvalue weighted by Gasteiger charge is -2.02. The van der Waals surface area contributed by atoms with Crippen LogP contribution in [0, 0.1) is 0 Å². The van der Waals surface area contributed by atoms with Gasteiger partial charge in [0.1, 0.15) is 5.75 Å². The minimum Gasteiger partial charge on any atom is -0.496 e. The number of benzene rings is 2. The minimum atomic E-state index is 0.680. The monoisotopic (exact) mass is 245 g/mol. The SMILES string of the molecule is COc1ccccc1C=Nc1cccc(Cl)c1. The Balaban J connectivity index is 2.26. The summed E-state index contributed by atoms with van der Waals surface area (Å²) in [5.74, 6) is 0.804. The molecule has 0 N–H and O–H groups in total. The molecule has 17 heavy (non-hydrogen) atoms. The Bertz CT molecular complexity index is 537. The van der Waals surface area contributed by atoms with Gasteiger partial charge in [0.05, 0.1) is 12.8 Å². The number of nitrogens with zero attached hydrogens (tertiary/aromatic N) is 1. The summed E-state index contributed by atoms with van der Waals surface area (Å²) in [6, 6.07) is 15.1. The van der Waals surface area contributed by atoms with Gasteiger partial charge in [-0.05, 0) is 30.3 Å². The number of rotatable bonds is 3. The summed E-state index contributed by atoms with van der Waals surface area (Å²) in [5, 5.41) is 0.680. The lowest BCUT2D eigenvalue weighted by Crippen LogP contribution is -1.89. The fraction of sp³-hybridized carbons (Fsp3) is 0.0714. The number of halogens is 1. The van der Waals surface area contributed by atoms with E-state index in [1.54, 1.807) is 13.3 Å². The van der Waals surface area contributed by atoms with E-state index in [0.29, 0.717) is 5.02 Å². The summed E-state index contributed by atoms with van der Waals surface area (Å²) in [5.41, 5.74) is 1.76. The van der Waals surface area contributed by atoms with Gasteiger partial charge in [0, 0.05) is 16.8 Å². The summed E-state index contributed by atoms with van der Waals surface area (Å²) in [6.45, 7) is 0. The Hall–Kier alpha value is -1.80. The standard InChI is InChI=1S/C14H12ClNO/c1-17-14-8-3-2-5-11(14)10-16-13-7-4-6-12(15)9-13/h2-10H,1H3. The molecule has 2 aromatic carbocycles. The van der Waals surface area contributed by atoms with Crippen molar-refractivity contribution in [2.24, 2.45) is 4.99 Å². The van der Waals surface area contributed by atoms with E-state index in [9.17, 15) is 0 Å². The van der Waals surface area contributed by atoms with Gasteiger partial charge in [-0.25, -0.2) is 0 Å². The molecule has 0 aromatic heterocycles. The zero-order valence-electron chi connectivity index (χ0n) is 9.43. The normalized spacial score (nSPS) is 10.7. The van der Waals surface area contributed by atoms with Gasteiger partial charge >= 0.3 is 0 Å². The number of hydrogen-bond acceptors (Lipinski definition) is 2. The molecule has 86 valence electrons. The van der Waals surface area contributed by atoms with Crippen LogP contribution in [0.5, 0.6) is 5.75 Å². The van der Waals surface area contributed by atoms with Crippen molar-refractivity contribution in [3.8, 4) is 5.75 Å². The van der Waals surface area contributed by atoms with Crippen LogP contribution in [0.4, 0.5) is 5.69 Å². The van der Waals surface area contributed by atoms with E-state index in [4.69, 9.17) is 16.3 Å². The van der Waals surface area contributed by atoms with E-state index in [2.05, 4.69) is 4.99 Å². The van der Waals surface area contributed by atoms with Gasteiger partial charge in [-0.2, -0.15) is 0 Å². The Morgan fingerprint density at radius 2 is 1.94 bits per heavy atom. The zero-order chi connectivity index (χ0) is 12.1. The van der Waals surface area contributed by atoms with Gasteiger partial charge in [-0.3, -0.25) is 4.99 Å². The van der Waals surface area contributed by atoms with Crippen LogP contribution in [0.2, 0.25) is 5.02 Å². The molecule has 0 unspecified atom stereocenters. The summed E-state index contributed by atoms with van der Waals surface area (Å²) >= 11 is 5.89. The summed E-state index contributed by atoms with van der Waals surface area (Å²) in [6.07, 6.45) is 1.77. The van der Waals surface area contributed by atoms with Crippen molar-refractivity contribution in [3.63, 3.8) is 0 Å². The van der Waals surface area contributed by atoms with E-state index < -0.39 is 0 Å². The minimum absolute atomic E-state index is 0.680. The van der Waals surface area contributed by atoms with Crippen molar-refractivity contribution in [1.29, 1.82) is 0 Å². The van der Waals surface area contributed by atoms with Crippen LogP contribution >= 0.6 is 11.6 Å². The van der Waals surface area contributed by atoms with Crippen LogP contribution in [0.3, 0.4) is 0 Å². The molecule has 0 saturated carbocycles. The Kier molecular flexibility index (Phi) is 3.78. The van der Waals surface area contributed by atoms with Gasteiger partial charge in [-0.1, -0.05) is 29.8 Å². The van der Waals surface area contributed by atoms with Gasteiger partial charge < -0.3 is 4.74 Å². The first-order valence-electron chi connectivity index (χ1n) is 5.22. The van der Waals surface area contributed by atoms with Crippen molar-refractivity contribution in [1.82, 2.24) is 0 Å². The maximum absolute atomic E-state index is 5.89.